The summed E-state index contributed by atoms with van der Waals surface area (Å²) in [6.45, 7) is 5.41. The first-order valence-corrected chi connectivity index (χ1v) is 8.36. The Kier molecular flexibility index (Phi) is 4.17. The Morgan fingerprint density at radius 1 is 1.00 bits per heavy atom. The first-order valence-electron chi connectivity index (χ1n) is 7.54. The number of nitrogens with zero attached hydrogens (tertiary/aromatic N) is 4. The third-order valence-electron chi connectivity index (χ3n) is 3.74. The molecule has 22 heavy (non-hydrogen) atoms. The quantitative estimate of drug-likeness (QED) is 0.411. The zero-order chi connectivity index (χ0) is 15.7. The number of carbonyl (C=O) groups excluding carboxylic acids is 2. The van der Waals surface area contributed by atoms with Crippen molar-refractivity contribution in [3.63, 3.8) is 0 Å². The van der Waals surface area contributed by atoms with Crippen LogP contribution < -0.4 is 0 Å². The van der Waals surface area contributed by atoms with Crippen molar-refractivity contribution in [2.75, 3.05) is 45.4 Å². The normalized spacial score (nSPS) is 22.0. The Bertz CT molecular complexity index is 608. The molecule has 0 amide bonds. The zero-order valence-electron chi connectivity index (χ0n) is 12.4. The summed E-state index contributed by atoms with van der Waals surface area (Å²) in [7, 11) is 2.48. The molecule has 0 aromatic rings. The van der Waals surface area contributed by atoms with Gasteiger partial charge in [0.2, 0.25) is 11.6 Å². The van der Waals surface area contributed by atoms with Crippen molar-refractivity contribution in [2.45, 2.75) is 6.42 Å². The molecule has 3 aliphatic heterocycles. The summed E-state index contributed by atoms with van der Waals surface area (Å²) in [5.74, 6) is 0.0485. The largest absolute Gasteiger partial charge is 0.365 e. The van der Waals surface area contributed by atoms with Gasteiger partial charge < -0.3 is 14.7 Å². The maximum absolute atomic E-state index is 12.4. The Labute approximate surface area is 132 Å². The summed E-state index contributed by atoms with van der Waals surface area (Å²) in [6.07, 6.45) is 3.08. The van der Waals surface area contributed by atoms with Crippen LogP contribution in [-0.4, -0.2) is 71.7 Å². The van der Waals surface area contributed by atoms with Crippen molar-refractivity contribution in [3.8, 4) is 6.07 Å². The minimum absolute atomic E-state index is 0.00546. The van der Waals surface area contributed by atoms with Gasteiger partial charge in [0.05, 0.1) is 11.8 Å². The lowest BCUT2D eigenvalue weighted by Crippen LogP contribution is -2.29. The van der Waals surface area contributed by atoms with Crippen molar-refractivity contribution in [1.82, 2.24) is 14.7 Å². The van der Waals surface area contributed by atoms with E-state index in [0.717, 1.165) is 45.4 Å². The molecule has 0 saturated carbocycles. The minimum Gasteiger partial charge on any atom is -0.365 e. The second kappa shape index (κ2) is 6.10. The van der Waals surface area contributed by atoms with Gasteiger partial charge >= 0.3 is 0 Å². The van der Waals surface area contributed by atoms with Crippen LogP contribution >= 0.6 is 9.24 Å². The fourth-order valence-electron chi connectivity index (χ4n) is 2.34. The van der Waals surface area contributed by atoms with E-state index in [1.807, 2.05) is 20.8 Å². The van der Waals surface area contributed by atoms with E-state index in [9.17, 15) is 9.59 Å². The molecule has 0 N–H and O–H groups in total. The number of nitriles is 1. The molecular formula is C15H19N4O2P. The maximum Gasteiger partial charge on any atom is 0.227 e. The topological polar surface area (TPSA) is 67.0 Å². The van der Waals surface area contributed by atoms with Gasteiger partial charge in [-0.05, 0) is 6.16 Å². The highest BCUT2D eigenvalue weighted by Crippen LogP contribution is 2.33. The minimum atomic E-state index is 0.00546. The molecule has 0 bridgehead atoms. The smallest absolute Gasteiger partial charge is 0.227 e. The average Bonchev–Trinajstić information content (AvgIpc) is 3.37. The van der Waals surface area contributed by atoms with Crippen LogP contribution in [0, 0.1) is 11.3 Å². The predicted octanol–water partition coefficient (Wildman–Crippen LogP) is -0.0443. The summed E-state index contributed by atoms with van der Waals surface area (Å²) in [6, 6.07) is 2.00. The Balaban J connectivity index is 0.000000254. The molecule has 0 spiro atoms. The second-order valence-electron chi connectivity index (χ2n) is 5.58. The van der Waals surface area contributed by atoms with E-state index >= 15 is 0 Å². The van der Waals surface area contributed by atoms with Crippen LogP contribution in [0.4, 0.5) is 0 Å². The summed E-state index contributed by atoms with van der Waals surface area (Å²) in [5, 5.41) is 7.80. The number of carbonyl (C=O) groups is 2. The molecular weight excluding hydrogens is 299 g/mol. The fourth-order valence-corrected chi connectivity index (χ4v) is 2.47. The van der Waals surface area contributed by atoms with E-state index in [1.54, 1.807) is 0 Å². The average molecular weight is 318 g/mol. The zero-order valence-corrected chi connectivity index (χ0v) is 13.6. The molecule has 1 unspecified atom stereocenters. The third-order valence-corrected chi connectivity index (χ3v) is 4.03. The molecule has 0 radical (unpaired) electrons. The molecule has 7 heteroatoms. The Morgan fingerprint density at radius 3 is 1.95 bits per heavy atom. The van der Waals surface area contributed by atoms with E-state index < -0.39 is 0 Å². The van der Waals surface area contributed by atoms with Gasteiger partial charge in [-0.15, -0.1) is 9.24 Å². The molecule has 116 valence electrons. The lowest BCUT2D eigenvalue weighted by Gasteiger charge is -2.21. The van der Waals surface area contributed by atoms with Crippen LogP contribution in [0.15, 0.2) is 23.2 Å². The predicted molar refractivity (Wildman–Crippen MR) is 84.6 cm³/mol. The lowest BCUT2D eigenvalue weighted by atomic mass is 10.0. The van der Waals surface area contributed by atoms with Crippen molar-refractivity contribution in [2.24, 2.45) is 0 Å². The number of hydrogen-bond acceptors (Lipinski definition) is 6. The van der Waals surface area contributed by atoms with Crippen LogP contribution in [0.2, 0.25) is 0 Å². The highest BCUT2D eigenvalue weighted by molar-refractivity contribution is 7.16. The molecule has 1 atom stereocenters. The maximum atomic E-state index is 12.4. The molecule has 1 aliphatic carbocycles. The standard InChI is InChI=1S/C12H13N3O2.C3H6NP/c16-9-7-8(13-1-2-13)12(17)11(15-5-6-15)10(9)14-3-4-14;4-2-1-3-5/h7H,1-6H2;1,3,5H2. The van der Waals surface area contributed by atoms with E-state index in [-0.39, 0.29) is 11.6 Å². The fraction of sp³-hybridized carbons (Fsp3) is 0.533. The highest BCUT2D eigenvalue weighted by Gasteiger charge is 2.43. The molecule has 6 nitrogen and oxygen atoms in total. The Hall–Kier alpha value is -1.86. The van der Waals surface area contributed by atoms with Gasteiger partial charge in [0.15, 0.2) is 0 Å². The van der Waals surface area contributed by atoms with Crippen LogP contribution in [0.5, 0.6) is 0 Å². The van der Waals surface area contributed by atoms with Crippen LogP contribution in [0.3, 0.4) is 0 Å². The van der Waals surface area contributed by atoms with E-state index in [0.29, 0.717) is 23.5 Å². The number of ketones is 2. The molecule has 0 aromatic carbocycles. The van der Waals surface area contributed by atoms with Gasteiger partial charge in [0, 0.05) is 51.8 Å². The third kappa shape index (κ3) is 3.15. The van der Waals surface area contributed by atoms with Gasteiger partial charge in [-0.25, -0.2) is 0 Å². The Morgan fingerprint density at radius 2 is 1.55 bits per heavy atom. The molecule has 4 rings (SSSR count). The summed E-state index contributed by atoms with van der Waals surface area (Å²) in [5.41, 5.74) is 1.89. The van der Waals surface area contributed by atoms with E-state index in [2.05, 4.69) is 9.24 Å². The number of rotatable bonds is 4. The van der Waals surface area contributed by atoms with Crippen LogP contribution in [-0.2, 0) is 9.59 Å². The summed E-state index contributed by atoms with van der Waals surface area (Å²) >= 11 is 0. The lowest BCUT2D eigenvalue weighted by molar-refractivity contribution is -0.117. The van der Waals surface area contributed by atoms with Gasteiger partial charge in [0.1, 0.15) is 11.4 Å². The van der Waals surface area contributed by atoms with Crippen LogP contribution in [0.25, 0.3) is 0 Å². The van der Waals surface area contributed by atoms with Crippen molar-refractivity contribution in [3.05, 3.63) is 23.2 Å². The molecule has 3 fully saturated rings. The van der Waals surface area contributed by atoms with Gasteiger partial charge in [0.25, 0.3) is 0 Å². The summed E-state index contributed by atoms with van der Waals surface area (Å²) < 4.78 is 0. The number of allylic oxidation sites excluding steroid dienone is 1. The monoisotopic (exact) mass is 318 g/mol. The van der Waals surface area contributed by atoms with Gasteiger partial charge in [-0.1, -0.05) is 0 Å². The molecule has 4 aliphatic rings. The van der Waals surface area contributed by atoms with Crippen molar-refractivity contribution >= 4 is 20.8 Å². The molecule has 3 heterocycles. The van der Waals surface area contributed by atoms with Crippen molar-refractivity contribution in [1.29, 1.82) is 5.26 Å². The number of hydrogen-bond donors (Lipinski definition) is 0. The number of Topliss-reactive ketones (excluding diaryl/α,β-unsaturated/α-hetero) is 1. The highest BCUT2D eigenvalue weighted by atomic mass is 31.0. The first-order chi connectivity index (χ1) is 10.7. The van der Waals surface area contributed by atoms with Crippen LogP contribution in [0.1, 0.15) is 6.42 Å². The van der Waals surface area contributed by atoms with Crippen molar-refractivity contribution < 1.29 is 9.59 Å². The van der Waals surface area contributed by atoms with Gasteiger partial charge in [-0.2, -0.15) is 5.26 Å². The summed E-state index contributed by atoms with van der Waals surface area (Å²) in [4.78, 5) is 30.5. The van der Waals surface area contributed by atoms with E-state index in [1.165, 1.54) is 6.08 Å². The SMILES string of the molecule is N#CCCP.O=C1C=C(N2CC2)C(=O)C(N2CC2)=C1N1CC1. The van der Waals surface area contributed by atoms with E-state index in [4.69, 9.17) is 5.26 Å². The second-order valence-corrected chi connectivity index (χ2v) is 6.16. The molecule has 0 aromatic heterocycles. The van der Waals surface area contributed by atoms with Gasteiger partial charge in [-0.3, -0.25) is 9.59 Å². The molecule has 3 saturated heterocycles. The first kappa shape index (κ1) is 15.1.